The highest BCUT2D eigenvalue weighted by atomic mass is 19.1. The third-order valence-electron chi connectivity index (χ3n) is 5.20. The molecule has 0 saturated heterocycles. The summed E-state index contributed by atoms with van der Waals surface area (Å²) in [6, 6.07) is 16.2. The molecule has 162 valence electrons. The summed E-state index contributed by atoms with van der Waals surface area (Å²) in [5.41, 5.74) is 0.756. The van der Waals surface area contributed by atoms with Gasteiger partial charge in [-0.25, -0.2) is 18.2 Å². The predicted molar refractivity (Wildman–Crippen MR) is 116 cm³/mol. The van der Waals surface area contributed by atoms with Gasteiger partial charge < -0.3 is 5.11 Å². The summed E-state index contributed by atoms with van der Waals surface area (Å²) in [5.74, 6) is -3.04. The smallest absolute Gasteiger partial charge is 0.261 e. The van der Waals surface area contributed by atoms with Crippen LogP contribution in [0.15, 0.2) is 71.5 Å². The van der Waals surface area contributed by atoms with Gasteiger partial charge in [-0.1, -0.05) is 36.4 Å². The van der Waals surface area contributed by atoms with E-state index in [1.807, 2.05) is 30.3 Å². The normalized spacial score (nSPS) is 11.0. The molecular formula is C25H19F3N2O2. The van der Waals surface area contributed by atoms with Gasteiger partial charge in [0.05, 0.1) is 16.8 Å². The second-order valence-electron chi connectivity index (χ2n) is 7.38. The van der Waals surface area contributed by atoms with Crippen molar-refractivity contribution >= 4 is 0 Å². The molecule has 32 heavy (non-hydrogen) atoms. The van der Waals surface area contributed by atoms with Gasteiger partial charge in [0.15, 0.2) is 11.6 Å². The molecule has 7 heteroatoms. The van der Waals surface area contributed by atoms with Crippen LogP contribution in [0.4, 0.5) is 13.2 Å². The quantitative estimate of drug-likeness (QED) is 0.465. The zero-order valence-corrected chi connectivity index (χ0v) is 17.1. The molecule has 0 aliphatic heterocycles. The highest BCUT2D eigenvalue weighted by molar-refractivity contribution is 5.70. The molecule has 4 rings (SSSR count). The van der Waals surface area contributed by atoms with E-state index in [-0.39, 0.29) is 34.8 Å². The fraction of sp³-hybridized carbons (Fsp3) is 0.120. The largest absolute Gasteiger partial charge is 0.504 e. The zero-order chi connectivity index (χ0) is 22.8. The number of phenols is 1. The van der Waals surface area contributed by atoms with Crippen molar-refractivity contribution < 1.29 is 18.3 Å². The van der Waals surface area contributed by atoms with Gasteiger partial charge in [0, 0.05) is 12.6 Å². The number of nitrogens with zero attached hydrogens (tertiary/aromatic N) is 2. The maximum atomic E-state index is 14.0. The Hall–Kier alpha value is -3.87. The molecule has 1 aromatic heterocycles. The van der Waals surface area contributed by atoms with Crippen molar-refractivity contribution in [2.24, 2.45) is 0 Å². The van der Waals surface area contributed by atoms with Crippen molar-refractivity contribution in [2.45, 2.75) is 19.9 Å². The average molecular weight is 436 g/mol. The summed E-state index contributed by atoms with van der Waals surface area (Å²) in [6.45, 7) is 1.69. The molecule has 0 fully saturated rings. The molecule has 0 amide bonds. The third kappa shape index (κ3) is 4.14. The maximum absolute atomic E-state index is 14.0. The van der Waals surface area contributed by atoms with E-state index in [1.54, 1.807) is 0 Å². The van der Waals surface area contributed by atoms with Crippen molar-refractivity contribution in [1.29, 1.82) is 0 Å². The van der Waals surface area contributed by atoms with Gasteiger partial charge in [-0.05, 0) is 48.7 Å². The first-order chi connectivity index (χ1) is 15.3. The molecule has 1 heterocycles. The van der Waals surface area contributed by atoms with Crippen LogP contribution in [0.2, 0.25) is 0 Å². The Morgan fingerprint density at radius 2 is 1.62 bits per heavy atom. The van der Waals surface area contributed by atoms with E-state index in [9.17, 15) is 23.1 Å². The van der Waals surface area contributed by atoms with E-state index >= 15 is 0 Å². The summed E-state index contributed by atoms with van der Waals surface area (Å²) in [6.07, 6.45) is 0.450. The van der Waals surface area contributed by atoms with Gasteiger partial charge in [0.2, 0.25) is 0 Å². The lowest BCUT2D eigenvalue weighted by atomic mass is 10.0. The van der Waals surface area contributed by atoms with Crippen LogP contribution in [-0.4, -0.2) is 14.7 Å². The van der Waals surface area contributed by atoms with Crippen LogP contribution in [0.1, 0.15) is 11.3 Å². The van der Waals surface area contributed by atoms with Crippen LogP contribution in [0.3, 0.4) is 0 Å². The van der Waals surface area contributed by atoms with E-state index in [2.05, 4.69) is 4.98 Å². The maximum Gasteiger partial charge on any atom is 0.261 e. The number of aryl methyl sites for hydroxylation is 2. The van der Waals surface area contributed by atoms with E-state index in [4.69, 9.17) is 0 Å². The number of hydrogen-bond donors (Lipinski definition) is 1. The van der Waals surface area contributed by atoms with Crippen LogP contribution in [0, 0.1) is 24.4 Å². The zero-order valence-electron chi connectivity index (χ0n) is 17.1. The fourth-order valence-electron chi connectivity index (χ4n) is 3.69. The molecule has 0 atom stereocenters. The average Bonchev–Trinajstić information content (AvgIpc) is 2.75. The van der Waals surface area contributed by atoms with Gasteiger partial charge in [-0.2, -0.15) is 0 Å². The fourth-order valence-corrected chi connectivity index (χ4v) is 3.69. The van der Waals surface area contributed by atoms with Crippen LogP contribution in [-0.2, 0) is 13.0 Å². The number of rotatable bonds is 5. The van der Waals surface area contributed by atoms with E-state index in [1.165, 1.54) is 23.6 Å². The van der Waals surface area contributed by atoms with Crippen LogP contribution in [0.25, 0.3) is 22.5 Å². The van der Waals surface area contributed by atoms with Crippen LogP contribution < -0.4 is 5.56 Å². The number of benzene rings is 3. The Balaban J connectivity index is 1.93. The number of para-hydroxylation sites is 1. The lowest BCUT2D eigenvalue weighted by Crippen LogP contribution is -2.27. The van der Waals surface area contributed by atoms with Gasteiger partial charge in [0.1, 0.15) is 17.5 Å². The second-order valence-corrected chi connectivity index (χ2v) is 7.38. The molecule has 4 aromatic rings. The Morgan fingerprint density at radius 1 is 0.938 bits per heavy atom. The predicted octanol–water partition coefficient (Wildman–Crippen LogP) is 5.25. The van der Waals surface area contributed by atoms with Crippen molar-refractivity contribution in [2.75, 3.05) is 0 Å². The summed E-state index contributed by atoms with van der Waals surface area (Å²) in [4.78, 5) is 18.0. The molecule has 0 aliphatic carbocycles. The lowest BCUT2D eigenvalue weighted by Gasteiger charge is -2.17. The number of aromatic hydroxyl groups is 1. The van der Waals surface area contributed by atoms with Crippen molar-refractivity contribution in [3.8, 4) is 28.3 Å². The molecule has 0 unspecified atom stereocenters. The van der Waals surface area contributed by atoms with Crippen LogP contribution >= 0.6 is 0 Å². The Kier molecular flexibility index (Phi) is 5.81. The van der Waals surface area contributed by atoms with E-state index in [0.29, 0.717) is 6.42 Å². The molecular weight excluding hydrogens is 417 g/mol. The van der Waals surface area contributed by atoms with E-state index < -0.39 is 28.8 Å². The Morgan fingerprint density at radius 3 is 2.31 bits per heavy atom. The molecule has 0 aliphatic rings. The van der Waals surface area contributed by atoms with E-state index in [0.717, 1.165) is 29.8 Å². The topological polar surface area (TPSA) is 55.1 Å². The molecule has 0 saturated carbocycles. The molecule has 0 radical (unpaired) electrons. The molecule has 4 nitrogen and oxygen atoms in total. The standard InChI is InChI=1S/C25H19F3N2O2/c1-15-22(17-12-18(26)14-19(27)13-17)25(32)30(11-10-16-6-3-2-4-7-16)24(29-15)20-8-5-9-21(28)23(20)31/h2-9,12-14,31H,10-11H2,1H3. The molecule has 3 aromatic carbocycles. The van der Waals surface area contributed by atoms with Gasteiger partial charge in [0.25, 0.3) is 5.56 Å². The first kappa shape index (κ1) is 21.4. The number of hydrogen-bond acceptors (Lipinski definition) is 3. The third-order valence-corrected chi connectivity index (χ3v) is 5.20. The molecule has 0 spiro atoms. The van der Waals surface area contributed by atoms with Crippen molar-refractivity contribution in [3.63, 3.8) is 0 Å². The monoisotopic (exact) mass is 436 g/mol. The Bertz CT molecular complexity index is 1330. The highest BCUT2D eigenvalue weighted by Crippen LogP contribution is 2.31. The minimum atomic E-state index is -0.847. The summed E-state index contributed by atoms with van der Waals surface area (Å²) in [5, 5.41) is 10.3. The second kappa shape index (κ2) is 8.70. The summed E-state index contributed by atoms with van der Waals surface area (Å²) >= 11 is 0. The minimum Gasteiger partial charge on any atom is -0.504 e. The molecule has 0 bridgehead atoms. The van der Waals surface area contributed by atoms with Crippen LogP contribution in [0.5, 0.6) is 5.75 Å². The SMILES string of the molecule is Cc1nc(-c2cccc(F)c2O)n(CCc2ccccc2)c(=O)c1-c1cc(F)cc(F)c1. The highest BCUT2D eigenvalue weighted by Gasteiger charge is 2.21. The summed E-state index contributed by atoms with van der Waals surface area (Å²) < 4.78 is 43.0. The van der Waals surface area contributed by atoms with Gasteiger partial charge in [-0.15, -0.1) is 0 Å². The lowest BCUT2D eigenvalue weighted by molar-refractivity contribution is 0.433. The van der Waals surface area contributed by atoms with Crippen molar-refractivity contribution in [1.82, 2.24) is 9.55 Å². The number of halogens is 3. The Labute approximate surface area is 182 Å². The van der Waals surface area contributed by atoms with Gasteiger partial charge >= 0.3 is 0 Å². The van der Waals surface area contributed by atoms with Gasteiger partial charge in [-0.3, -0.25) is 9.36 Å². The summed E-state index contributed by atoms with van der Waals surface area (Å²) in [7, 11) is 0. The molecule has 1 N–H and O–H groups in total. The first-order valence-corrected chi connectivity index (χ1v) is 9.95. The first-order valence-electron chi connectivity index (χ1n) is 9.95. The van der Waals surface area contributed by atoms with Crippen molar-refractivity contribution in [3.05, 3.63) is 106 Å². The number of aromatic nitrogens is 2. The minimum absolute atomic E-state index is 0.0381. The number of phenolic OH excluding ortho intramolecular Hbond substituents is 1.